The standard InChI is InChI=1S/C15H15FN2O2/c1-9-3-10(2)14(17)5-13(9)15(19)20-8-11-4-12(16)7-18-6-11/h3-7H,8,17H2,1-2H3. The number of benzene rings is 1. The second kappa shape index (κ2) is 5.69. The number of hydrogen-bond acceptors (Lipinski definition) is 4. The lowest BCUT2D eigenvalue weighted by Crippen LogP contribution is -2.09. The van der Waals surface area contributed by atoms with Crippen molar-refractivity contribution >= 4 is 11.7 Å². The maximum absolute atomic E-state index is 13.0. The number of nitrogens with zero attached hydrogens (tertiary/aromatic N) is 1. The van der Waals surface area contributed by atoms with E-state index >= 15 is 0 Å². The van der Waals surface area contributed by atoms with Crippen LogP contribution in [0.3, 0.4) is 0 Å². The summed E-state index contributed by atoms with van der Waals surface area (Å²) in [6, 6.07) is 4.70. The Kier molecular flexibility index (Phi) is 3.98. The van der Waals surface area contributed by atoms with Gasteiger partial charge in [0.1, 0.15) is 12.4 Å². The zero-order valence-electron chi connectivity index (χ0n) is 11.3. The molecule has 0 saturated carbocycles. The summed E-state index contributed by atoms with van der Waals surface area (Å²) in [7, 11) is 0. The van der Waals surface area contributed by atoms with Gasteiger partial charge in [0.2, 0.25) is 0 Å². The molecule has 5 heteroatoms. The second-order valence-corrected chi connectivity index (χ2v) is 4.61. The van der Waals surface area contributed by atoms with Gasteiger partial charge in [-0.1, -0.05) is 6.07 Å². The molecule has 2 N–H and O–H groups in total. The van der Waals surface area contributed by atoms with Crippen molar-refractivity contribution in [1.82, 2.24) is 4.98 Å². The molecule has 1 aromatic heterocycles. The number of nitrogens with two attached hydrogens (primary N) is 1. The molecule has 0 aliphatic rings. The van der Waals surface area contributed by atoms with Gasteiger partial charge in [0.25, 0.3) is 0 Å². The minimum absolute atomic E-state index is 0.0309. The van der Waals surface area contributed by atoms with E-state index in [9.17, 15) is 9.18 Å². The third-order valence-corrected chi connectivity index (χ3v) is 2.96. The van der Waals surface area contributed by atoms with Crippen LogP contribution in [0.1, 0.15) is 27.0 Å². The molecule has 0 saturated heterocycles. The Morgan fingerprint density at radius 2 is 2.00 bits per heavy atom. The molecule has 0 unspecified atom stereocenters. The van der Waals surface area contributed by atoms with E-state index < -0.39 is 11.8 Å². The molecule has 104 valence electrons. The van der Waals surface area contributed by atoms with E-state index in [1.165, 1.54) is 12.3 Å². The minimum atomic E-state index is -0.488. The number of pyridine rings is 1. The van der Waals surface area contributed by atoms with Crippen molar-refractivity contribution in [2.75, 3.05) is 5.73 Å². The molecule has 2 rings (SSSR count). The van der Waals surface area contributed by atoms with Crippen molar-refractivity contribution in [2.45, 2.75) is 20.5 Å². The lowest BCUT2D eigenvalue weighted by atomic mass is 10.0. The summed E-state index contributed by atoms with van der Waals surface area (Å²) in [5.41, 5.74) is 8.94. The van der Waals surface area contributed by atoms with Crippen molar-refractivity contribution in [2.24, 2.45) is 0 Å². The molecule has 4 nitrogen and oxygen atoms in total. The van der Waals surface area contributed by atoms with Crippen molar-refractivity contribution < 1.29 is 13.9 Å². The van der Waals surface area contributed by atoms with Crippen LogP contribution in [0.2, 0.25) is 0 Å². The number of aromatic nitrogens is 1. The monoisotopic (exact) mass is 274 g/mol. The maximum atomic E-state index is 13.0. The summed E-state index contributed by atoms with van der Waals surface area (Å²) in [5, 5.41) is 0. The number of ether oxygens (including phenoxy) is 1. The Balaban J connectivity index is 2.11. The molecule has 1 aromatic carbocycles. The van der Waals surface area contributed by atoms with Gasteiger partial charge in [0, 0.05) is 17.4 Å². The van der Waals surface area contributed by atoms with E-state index in [1.807, 2.05) is 19.9 Å². The van der Waals surface area contributed by atoms with Gasteiger partial charge < -0.3 is 10.5 Å². The topological polar surface area (TPSA) is 65.2 Å². The van der Waals surface area contributed by atoms with Crippen LogP contribution in [0.15, 0.2) is 30.6 Å². The van der Waals surface area contributed by atoms with Crippen molar-refractivity contribution in [1.29, 1.82) is 0 Å². The molecule has 20 heavy (non-hydrogen) atoms. The van der Waals surface area contributed by atoms with Gasteiger partial charge >= 0.3 is 5.97 Å². The SMILES string of the molecule is Cc1cc(C)c(C(=O)OCc2cncc(F)c2)cc1N. The fourth-order valence-corrected chi connectivity index (χ4v) is 1.85. The van der Waals surface area contributed by atoms with Gasteiger partial charge in [0.05, 0.1) is 11.8 Å². The highest BCUT2D eigenvalue weighted by atomic mass is 19.1. The smallest absolute Gasteiger partial charge is 0.338 e. The van der Waals surface area contributed by atoms with Crippen LogP contribution in [0.5, 0.6) is 0 Å². The molecule has 0 amide bonds. The molecule has 0 bridgehead atoms. The lowest BCUT2D eigenvalue weighted by molar-refractivity contribution is 0.0471. The first-order chi connectivity index (χ1) is 9.47. The number of nitrogen functional groups attached to an aromatic ring is 1. The predicted octanol–water partition coefficient (Wildman–Crippen LogP) is 2.78. The molecule has 1 heterocycles. The summed E-state index contributed by atoms with van der Waals surface area (Å²) < 4.78 is 18.1. The molecular weight excluding hydrogens is 259 g/mol. The predicted molar refractivity (Wildman–Crippen MR) is 73.6 cm³/mol. The van der Waals surface area contributed by atoms with Gasteiger partial charge in [-0.3, -0.25) is 4.98 Å². The Labute approximate surface area is 116 Å². The van der Waals surface area contributed by atoms with Crippen LogP contribution in [0.25, 0.3) is 0 Å². The number of hydrogen-bond donors (Lipinski definition) is 1. The minimum Gasteiger partial charge on any atom is -0.457 e. The molecule has 2 aromatic rings. The number of halogens is 1. The average Bonchev–Trinajstić information content (AvgIpc) is 2.40. The first-order valence-electron chi connectivity index (χ1n) is 6.10. The highest BCUT2D eigenvalue weighted by Crippen LogP contribution is 2.19. The summed E-state index contributed by atoms with van der Waals surface area (Å²) >= 11 is 0. The van der Waals surface area contributed by atoms with Gasteiger partial charge in [-0.05, 0) is 37.1 Å². The van der Waals surface area contributed by atoms with Crippen LogP contribution in [0.4, 0.5) is 10.1 Å². The van der Waals surface area contributed by atoms with E-state index in [1.54, 1.807) is 6.07 Å². The molecule has 0 aliphatic heterocycles. The van der Waals surface area contributed by atoms with Crippen LogP contribution >= 0.6 is 0 Å². The number of anilines is 1. The molecule has 0 spiro atoms. The number of carbonyl (C=O) groups excluding carboxylic acids is 1. The Hall–Kier alpha value is -2.43. The summed E-state index contributed by atoms with van der Waals surface area (Å²) in [5.74, 6) is -0.951. The van der Waals surface area contributed by atoms with E-state index in [0.717, 1.165) is 17.3 Å². The summed E-state index contributed by atoms with van der Waals surface area (Å²) in [6.45, 7) is 3.65. The Morgan fingerprint density at radius 1 is 1.25 bits per heavy atom. The summed E-state index contributed by atoms with van der Waals surface area (Å²) in [4.78, 5) is 15.7. The van der Waals surface area contributed by atoms with Gasteiger partial charge in [-0.25, -0.2) is 9.18 Å². The first kappa shape index (κ1) is 14.0. The van der Waals surface area contributed by atoms with Crippen molar-refractivity contribution in [3.05, 3.63) is 58.7 Å². The normalized spacial score (nSPS) is 10.3. The van der Waals surface area contributed by atoms with Crippen LogP contribution < -0.4 is 5.73 Å². The number of carbonyl (C=O) groups is 1. The molecule has 0 radical (unpaired) electrons. The number of aryl methyl sites for hydroxylation is 2. The second-order valence-electron chi connectivity index (χ2n) is 4.61. The van der Waals surface area contributed by atoms with Crippen LogP contribution in [0, 0.1) is 19.7 Å². The maximum Gasteiger partial charge on any atom is 0.338 e. The molecule has 0 atom stereocenters. The van der Waals surface area contributed by atoms with E-state index in [0.29, 0.717) is 16.8 Å². The summed E-state index contributed by atoms with van der Waals surface area (Å²) in [6.07, 6.45) is 2.54. The zero-order valence-corrected chi connectivity index (χ0v) is 11.3. The fraction of sp³-hybridized carbons (Fsp3) is 0.200. The molecule has 0 fully saturated rings. The van der Waals surface area contributed by atoms with Gasteiger partial charge in [0.15, 0.2) is 0 Å². The zero-order chi connectivity index (χ0) is 14.7. The highest BCUT2D eigenvalue weighted by Gasteiger charge is 2.12. The van der Waals surface area contributed by atoms with E-state index in [4.69, 9.17) is 10.5 Å². The third-order valence-electron chi connectivity index (χ3n) is 2.96. The first-order valence-corrected chi connectivity index (χ1v) is 6.10. The van der Waals surface area contributed by atoms with E-state index in [2.05, 4.69) is 4.98 Å². The molecular formula is C15H15FN2O2. The lowest BCUT2D eigenvalue weighted by Gasteiger charge is -2.09. The third kappa shape index (κ3) is 3.12. The van der Waals surface area contributed by atoms with E-state index in [-0.39, 0.29) is 6.61 Å². The Morgan fingerprint density at radius 3 is 2.70 bits per heavy atom. The largest absolute Gasteiger partial charge is 0.457 e. The molecule has 0 aliphatic carbocycles. The van der Waals surface area contributed by atoms with Crippen molar-refractivity contribution in [3.8, 4) is 0 Å². The number of rotatable bonds is 3. The Bertz CT molecular complexity index is 656. The van der Waals surface area contributed by atoms with Crippen LogP contribution in [-0.4, -0.2) is 11.0 Å². The van der Waals surface area contributed by atoms with Gasteiger partial charge in [-0.15, -0.1) is 0 Å². The quantitative estimate of drug-likeness (QED) is 0.690. The van der Waals surface area contributed by atoms with Crippen molar-refractivity contribution in [3.63, 3.8) is 0 Å². The highest BCUT2D eigenvalue weighted by molar-refractivity contribution is 5.92. The number of esters is 1. The van der Waals surface area contributed by atoms with Gasteiger partial charge in [-0.2, -0.15) is 0 Å². The van der Waals surface area contributed by atoms with Crippen LogP contribution in [-0.2, 0) is 11.3 Å². The fourth-order valence-electron chi connectivity index (χ4n) is 1.85. The average molecular weight is 274 g/mol.